The van der Waals surface area contributed by atoms with Crippen LogP contribution in [-0.4, -0.2) is 33.4 Å². The van der Waals surface area contributed by atoms with Crippen molar-refractivity contribution >= 4 is 17.5 Å². The standard InChI is InChI=1S/C9H12N2O2S/c12-9(13)8-5-7(10-14-8)6-11-3-1-2-4-11/h5H,1-4,6H2,(H,12,13). The Balaban J connectivity index is 1.98. The largest absolute Gasteiger partial charge is 0.477 e. The molecule has 4 nitrogen and oxygen atoms in total. The van der Waals surface area contributed by atoms with Crippen molar-refractivity contribution in [2.24, 2.45) is 0 Å². The highest BCUT2D eigenvalue weighted by Gasteiger charge is 2.14. The summed E-state index contributed by atoms with van der Waals surface area (Å²) in [4.78, 5) is 13.2. The SMILES string of the molecule is O=C(O)c1cc(CN2CCCC2)ns1. The average molecular weight is 212 g/mol. The number of rotatable bonds is 3. The molecule has 0 atom stereocenters. The van der Waals surface area contributed by atoms with Crippen LogP contribution in [-0.2, 0) is 6.54 Å². The van der Waals surface area contributed by atoms with Gasteiger partial charge in [-0.1, -0.05) is 0 Å². The summed E-state index contributed by atoms with van der Waals surface area (Å²) in [6, 6.07) is 1.67. The molecule has 1 fully saturated rings. The summed E-state index contributed by atoms with van der Waals surface area (Å²) in [6.07, 6.45) is 2.49. The second kappa shape index (κ2) is 4.06. The van der Waals surface area contributed by atoms with Crippen molar-refractivity contribution in [1.29, 1.82) is 0 Å². The highest BCUT2D eigenvalue weighted by molar-refractivity contribution is 7.08. The second-order valence-corrected chi connectivity index (χ2v) is 4.28. The predicted octanol–water partition coefficient (Wildman–Crippen LogP) is 1.44. The van der Waals surface area contributed by atoms with E-state index >= 15 is 0 Å². The van der Waals surface area contributed by atoms with Crippen molar-refractivity contribution in [2.45, 2.75) is 19.4 Å². The zero-order valence-corrected chi connectivity index (χ0v) is 8.59. The van der Waals surface area contributed by atoms with E-state index in [1.165, 1.54) is 12.8 Å². The average Bonchev–Trinajstić information content (AvgIpc) is 2.75. The lowest BCUT2D eigenvalue weighted by molar-refractivity contribution is 0.0702. The molecular weight excluding hydrogens is 200 g/mol. The molecule has 0 radical (unpaired) electrons. The van der Waals surface area contributed by atoms with E-state index in [0.29, 0.717) is 4.88 Å². The zero-order valence-electron chi connectivity index (χ0n) is 7.77. The first-order chi connectivity index (χ1) is 6.75. The van der Waals surface area contributed by atoms with Gasteiger partial charge in [-0.3, -0.25) is 4.90 Å². The molecule has 1 aliphatic rings. The van der Waals surface area contributed by atoms with Gasteiger partial charge < -0.3 is 5.11 Å². The highest BCUT2D eigenvalue weighted by atomic mass is 32.1. The lowest BCUT2D eigenvalue weighted by atomic mass is 10.3. The summed E-state index contributed by atoms with van der Waals surface area (Å²) in [5.74, 6) is -0.879. The lowest BCUT2D eigenvalue weighted by Crippen LogP contribution is -2.18. The Morgan fingerprint density at radius 1 is 1.57 bits per heavy atom. The number of carboxylic acid groups (broad SMARTS) is 1. The summed E-state index contributed by atoms with van der Waals surface area (Å²) in [5.41, 5.74) is 0.884. The van der Waals surface area contributed by atoms with E-state index in [9.17, 15) is 4.79 Å². The topological polar surface area (TPSA) is 53.4 Å². The minimum Gasteiger partial charge on any atom is -0.477 e. The molecule has 1 aliphatic heterocycles. The van der Waals surface area contributed by atoms with Crippen molar-refractivity contribution < 1.29 is 9.90 Å². The van der Waals surface area contributed by atoms with Gasteiger partial charge in [-0.15, -0.1) is 0 Å². The van der Waals surface area contributed by atoms with E-state index in [1.54, 1.807) is 6.07 Å². The molecular formula is C9H12N2O2S. The van der Waals surface area contributed by atoms with E-state index in [1.807, 2.05) is 0 Å². The van der Waals surface area contributed by atoms with Gasteiger partial charge in [-0.2, -0.15) is 4.37 Å². The number of nitrogens with zero attached hydrogens (tertiary/aromatic N) is 2. The molecule has 76 valence electrons. The summed E-state index contributed by atoms with van der Waals surface area (Å²) in [7, 11) is 0. The maximum atomic E-state index is 10.6. The molecule has 0 saturated carbocycles. The molecule has 0 amide bonds. The summed E-state index contributed by atoms with van der Waals surface area (Å²) < 4.78 is 4.12. The van der Waals surface area contributed by atoms with Crippen LogP contribution in [0.2, 0.25) is 0 Å². The number of carboxylic acids is 1. The third kappa shape index (κ3) is 2.10. The van der Waals surface area contributed by atoms with E-state index in [4.69, 9.17) is 5.11 Å². The Bertz CT molecular complexity index is 331. The van der Waals surface area contributed by atoms with Crippen molar-refractivity contribution in [3.05, 3.63) is 16.6 Å². The quantitative estimate of drug-likeness (QED) is 0.823. The third-order valence-corrected chi connectivity index (χ3v) is 3.17. The Morgan fingerprint density at radius 3 is 2.86 bits per heavy atom. The summed E-state index contributed by atoms with van der Waals surface area (Å²) >= 11 is 1.06. The first-order valence-electron chi connectivity index (χ1n) is 4.67. The van der Waals surface area contributed by atoms with Gasteiger partial charge in [0.05, 0.1) is 5.69 Å². The molecule has 2 heterocycles. The number of hydrogen-bond donors (Lipinski definition) is 1. The lowest BCUT2D eigenvalue weighted by Gasteiger charge is -2.11. The van der Waals surface area contributed by atoms with E-state index in [0.717, 1.165) is 36.9 Å². The summed E-state index contributed by atoms with van der Waals surface area (Å²) in [5, 5.41) is 8.72. The van der Waals surface area contributed by atoms with Crippen molar-refractivity contribution in [3.8, 4) is 0 Å². The number of aromatic carboxylic acids is 1. The van der Waals surface area contributed by atoms with Crippen LogP contribution in [0.3, 0.4) is 0 Å². The van der Waals surface area contributed by atoms with E-state index < -0.39 is 5.97 Å². The van der Waals surface area contributed by atoms with Gasteiger partial charge in [-0.25, -0.2) is 4.79 Å². The normalized spacial score (nSPS) is 17.4. The van der Waals surface area contributed by atoms with E-state index in [2.05, 4.69) is 9.27 Å². The number of carbonyl (C=O) groups is 1. The van der Waals surface area contributed by atoms with Crippen LogP contribution in [0.25, 0.3) is 0 Å². The van der Waals surface area contributed by atoms with Crippen LogP contribution in [0.1, 0.15) is 28.2 Å². The third-order valence-electron chi connectivity index (χ3n) is 2.35. The fourth-order valence-corrected chi connectivity index (χ4v) is 2.25. The Morgan fingerprint density at radius 2 is 2.29 bits per heavy atom. The Labute approximate surface area is 86.3 Å². The van der Waals surface area contributed by atoms with Crippen molar-refractivity contribution in [1.82, 2.24) is 9.27 Å². The van der Waals surface area contributed by atoms with Crippen LogP contribution >= 0.6 is 11.5 Å². The highest BCUT2D eigenvalue weighted by Crippen LogP contribution is 2.15. The number of aromatic nitrogens is 1. The molecule has 0 spiro atoms. The molecule has 2 rings (SSSR count). The van der Waals surface area contributed by atoms with Crippen LogP contribution in [0.4, 0.5) is 0 Å². The maximum absolute atomic E-state index is 10.6. The Kier molecular flexibility index (Phi) is 2.79. The second-order valence-electron chi connectivity index (χ2n) is 3.47. The van der Waals surface area contributed by atoms with Crippen LogP contribution < -0.4 is 0 Å². The minimum atomic E-state index is -0.879. The molecule has 0 unspecified atom stereocenters. The molecule has 5 heteroatoms. The molecule has 1 aromatic rings. The molecule has 0 aromatic carbocycles. The zero-order chi connectivity index (χ0) is 9.97. The molecule has 0 aliphatic carbocycles. The molecule has 1 N–H and O–H groups in total. The van der Waals surface area contributed by atoms with Crippen molar-refractivity contribution in [2.75, 3.05) is 13.1 Å². The minimum absolute atomic E-state index is 0.333. The molecule has 0 bridgehead atoms. The number of hydrogen-bond acceptors (Lipinski definition) is 4. The molecule has 14 heavy (non-hydrogen) atoms. The first kappa shape index (κ1) is 9.61. The van der Waals surface area contributed by atoms with Crippen molar-refractivity contribution in [3.63, 3.8) is 0 Å². The first-order valence-corrected chi connectivity index (χ1v) is 5.44. The maximum Gasteiger partial charge on any atom is 0.347 e. The smallest absolute Gasteiger partial charge is 0.347 e. The Hall–Kier alpha value is -0.940. The van der Waals surface area contributed by atoms with Gasteiger partial charge in [0.15, 0.2) is 0 Å². The van der Waals surface area contributed by atoms with Crippen LogP contribution in [0.5, 0.6) is 0 Å². The fraction of sp³-hybridized carbons (Fsp3) is 0.556. The van der Waals surface area contributed by atoms with Crippen LogP contribution in [0.15, 0.2) is 6.07 Å². The fourth-order valence-electron chi connectivity index (χ4n) is 1.66. The van der Waals surface area contributed by atoms with Gasteiger partial charge in [-0.05, 0) is 43.5 Å². The van der Waals surface area contributed by atoms with Gasteiger partial charge in [0.1, 0.15) is 4.88 Å². The van der Waals surface area contributed by atoms with Gasteiger partial charge in [0.25, 0.3) is 0 Å². The van der Waals surface area contributed by atoms with E-state index in [-0.39, 0.29) is 0 Å². The predicted molar refractivity (Wildman–Crippen MR) is 53.6 cm³/mol. The molecule has 1 aromatic heterocycles. The summed E-state index contributed by atoms with van der Waals surface area (Å²) in [6.45, 7) is 3.02. The van der Waals surface area contributed by atoms with Gasteiger partial charge >= 0.3 is 5.97 Å². The number of likely N-dealkylation sites (tertiary alicyclic amines) is 1. The van der Waals surface area contributed by atoms with Gasteiger partial charge in [0.2, 0.25) is 0 Å². The molecule has 1 saturated heterocycles. The monoisotopic (exact) mass is 212 g/mol. The van der Waals surface area contributed by atoms with Gasteiger partial charge in [0, 0.05) is 6.54 Å². The van der Waals surface area contributed by atoms with Crippen LogP contribution in [0, 0.1) is 0 Å².